The normalized spacial score (nSPS) is 10.2. The van der Waals surface area contributed by atoms with Gasteiger partial charge >= 0.3 is 0 Å². The summed E-state index contributed by atoms with van der Waals surface area (Å²) in [6.45, 7) is 2.35. The predicted octanol–water partition coefficient (Wildman–Crippen LogP) is 1.08. The highest BCUT2D eigenvalue weighted by molar-refractivity contribution is 5.94. The average molecular weight is 257 g/mol. The van der Waals surface area contributed by atoms with Crippen molar-refractivity contribution >= 4 is 17.3 Å². The van der Waals surface area contributed by atoms with E-state index in [-0.39, 0.29) is 0 Å². The van der Waals surface area contributed by atoms with Gasteiger partial charge in [-0.05, 0) is 25.1 Å². The smallest absolute Gasteiger partial charge is 0.248 e. The van der Waals surface area contributed by atoms with Gasteiger partial charge < -0.3 is 16.8 Å². The number of rotatable bonds is 4. The molecule has 0 aliphatic heterocycles. The van der Waals surface area contributed by atoms with E-state index in [0.717, 1.165) is 11.4 Å². The molecule has 6 heteroatoms. The second-order valence-corrected chi connectivity index (χ2v) is 4.17. The van der Waals surface area contributed by atoms with Crippen LogP contribution in [0.3, 0.4) is 0 Å². The van der Waals surface area contributed by atoms with Crippen LogP contribution < -0.4 is 16.8 Å². The molecule has 0 aliphatic carbocycles. The summed E-state index contributed by atoms with van der Waals surface area (Å²) in [5.41, 5.74) is 14.3. The number of benzene rings is 1. The third-order valence-electron chi connectivity index (χ3n) is 2.63. The summed E-state index contributed by atoms with van der Waals surface area (Å²) in [5, 5.41) is 3.11. The summed E-state index contributed by atoms with van der Waals surface area (Å²) in [6, 6.07) is 4.86. The lowest BCUT2D eigenvalue weighted by atomic mass is 10.1. The van der Waals surface area contributed by atoms with E-state index < -0.39 is 5.91 Å². The fourth-order valence-electron chi connectivity index (χ4n) is 1.56. The number of amides is 1. The van der Waals surface area contributed by atoms with Crippen LogP contribution in [-0.4, -0.2) is 15.9 Å². The van der Waals surface area contributed by atoms with Crippen molar-refractivity contribution in [3.05, 3.63) is 47.5 Å². The molecule has 0 atom stereocenters. The molecule has 2 aromatic rings. The minimum Gasteiger partial charge on any atom is -0.397 e. The molecule has 0 aliphatic rings. The standard InChI is InChI=1S/C13H15N5O/c1-8-5-17-10(6-16-8)7-18-12-4-9(13(15)19)2-3-11(12)14/h2-6,18H,7,14H2,1H3,(H2,15,19). The van der Waals surface area contributed by atoms with Gasteiger partial charge in [0, 0.05) is 11.8 Å². The summed E-state index contributed by atoms with van der Waals surface area (Å²) in [6.07, 6.45) is 3.39. The summed E-state index contributed by atoms with van der Waals surface area (Å²) in [7, 11) is 0. The molecule has 0 unspecified atom stereocenters. The Bertz CT molecular complexity index is 594. The minimum absolute atomic E-state index is 0.409. The molecule has 5 N–H and O–H groups in total. The predicted molar refractivity (Wildman–Crippen MR) is 73.5 cm³/mol. The summed E-state index contributed by atoms with van der Waals surface area (Å²) >= 11 is 0. The van der Waals surface area contributed by atoms with Crippen molar-refractivity contribution in [3.63, 3.8) is 0 Å². The molecule has 0 saturated carbocycles. The van der Waals surface area contributed by atoms with E-state index in [2.05, 4.69) is 15.3 Å². The van der Waals surface area contributed by atoms with Gasteiger partial charge in [-0.25, -0.2) is 0 Å². The van der Waals surface area contributed by atoms with Crippen LogP contribution in [0.25, 0.3) is 0 Å². The summed E-state index contributed by atoms with van der Waals surface area (Å²) < 4.78 is 0. The number of nitrogen functional groups attached to an aromatic ring is 1. The third kappa shape index (κ3) is 3.19. The fraction of sp³-hybridized carbons (Fsp3) is 0.154. The first-order valence-electron chi connectivity index (χ1n) is 5.77. The molecule has 0 bridgehead atoms. The van der Waals surface area contributed by atoms with Gasteiger partial charge in [0.1, 0.15) is 0 Å². The quantitative estimate of drug-likeness (QED) is 0.710. The van der Waals surface area contributed by atoms with Crippen LogP contribution in [0.1, 0.15) is 21.7 Å². The van der Waals surface area contributed by atoms with Crippen LogP contribution in [0.2, 0.25) is 0 Å². The number of carbonyl (C=O) groups is 1. The van der Waals surface area contributed by atoms with Crippen molar-refractivity contribution in [2.24, 2.45) is 5.73 Å². The van der Waals surface area contributed by atoms with Gasteiger partial charge in [-0.3, -0.25) is 14.8 Å². The SMILES string of the molecule is Cc1cnc(CNc2cc(C(N)=O)ccc2N)cn1. The first kappa shape index (κ1) is 12.8. The number of hydrogen-bond acceptors (Lipinski definition) is 5. The largest absolute Gasteiger partial charge is 0.397 e. The van der Waals surface area contributed by atoms with Crippen LogP contribution in [0, 0.1) is 6.92 Å². The van der Waals surface area contributed by atoms with Gasteiger partial charge in [0.2, 0.25) is 5.91 Å². The van der Waals surface area contributed by atoms with E-state index in [0.29, 0.717) is 23.5 Å². The van der Waals surface area contributed by atoms with Gasteiger partial charge in [-0.15, -0.1) is 0 Å². The number of primary amides is 1. The topological polar surface area (TPSA) is 107 Å². The average Bonchev–Trinajstić information content (AvgIpc) is 2.39. The third-order valence-corrected chi connectivity index (χ3v) is 2.63. The van der Waals surface area contributed by atoms with Crippen LogP contribution in [-0.2, 0) is 6.54 Å². The summed E-state index contributed by atoms with van der Waals surface area (Å²) in [5.74, 6) is -0.488. The molecule has 6 nitrogen and oxygen atoms in total. The number of aromatic nitrogens is 2. The van der Waals surface area contributed by atoms with E-state index >= 15 is 0 Å². The van der Waals surface area contributed by atoms with E-state index in [1.807, 2.05) is 6.92 Å². The van der Waals surface area contributed by atoms with Crippen LogP contribution in [0.5, 0.6) is 0 Å². The zero-order valence-electron chi connectivity index (χ0n) is 10.6. The van der Waals surface area contributed by atoms with Gasteiger partial charge in [-0.1, -0.05) is 0 Å². The van der Waals surface area contributed by atoms with Crippen LogP contribution >= 0.6 is 0 Å². The van der Waals surface area contributed by atoms with Gasteiger partial charge in [-0.2, -0.15) is 0 Å². The number of anilines is 2. The molecule has 98 valence electrons. The molecule has 0 spiro atoms. The lowest BCUT2D eigenvalue weighted by Gasteiger charge is -2.10. The molecule has 19 heavy (non-hydrogen) atoms. The Morgan fingerprint density at radius 1 is 1.32 bits per heavy atom. The molecule has 0 saturated heterocycles. The monoisotopic (exact) mass is 257 g/mol. The zero-order valence-corrected chi connectivity index (χ0v) is 10.6. The van der Waals surface area contributed by atoms with E-state index in [1.54, 1.807) is 30.6 Å². The zero-order chi connectivity index (χ0) is 13.8. The Morgan fingerprint density at radius 3 is 2.74 bits per heavy atom. The maximum absolute atomic E-state index is 11.1. The fourth-order valence-corrected chi connectivity index (χ4v) is 1.56. The molecule has 1 heterocycles. The van der Waals surface area contributed by atoms with Crippen LogP contribution in [0.15, 0.2) is 30.6 Å². The second kappa shape index (κ2) is 5.34. The number of carbonyl (C=O) groups excluding carboxylic acids is 1. The lowest BCUT2D eigenvalue weighted by Crippen LogP contribution is -2.12. The van der Waals surface area contributed by atoms with Crippen LogP contribution in [0.4, 0.5) is 11.4 Å². The van der Waals surface area contributed by atoms with Gasteiger partial charge in [0.05, 0.1) is 35.5 Å². The molecule has 1 amide bonds. The highest BCUT2D eigenvalue weighted by atomic mass is 16.1. The first-order chi connectivity index (χ1) is 9.06. The Kier molecular flexibility index (Phi) is 3.61. The maximum Gasteiger partial charge on any atom is 0.248 e. The molecule has 1 aromatic heterocycles. The Morgan fingerprint density at radius 2 is 2.11 bits per heavy atom. The number of aryl methyl sites for hydroxylation is 1. The highest BCUT2D eigenvalue weighted by Crippen LogP contribution is 2.20. The van der Waals surface area contributed by atoms with Crippen molar-refractivity contribution in [2.75, 3.05) is 11.1 Å². The van der Waals surface area contributed by atoms with Gasteiger partial charge in [0.25, 0.3) is 0 Å². The van der Waals surface area contributed by atoms with E-state index in [9.17, 15) is 4.79 Å². The molecule has 1 aromatic carbocycles. The molecule has 2 rings (SSSR count). The van der Waals surface area contributed by atoms with Gasteiger partial charge in [0.15, 0.2) is 0 Å². The molecular formula is C13H15N5O. The Balaban J connectivity index is 2.12. The first-order valence-corrected chi connectivity index (χ1v) is 5.77. The van der Waals surface area contributed by atoms with E-state index in [1.165, 1.54) is 0 Å². The van der Waals surface area contributed by atoms with Crippen molar-refractivity contribution < 1.29 is 4.79 Å². The Labute approximate surface area is 110 Å². The number of nitrogens with one attached hydrogen (secondary N) is 1. The molecular weight excluding hydrogens is 242 g/mol. The number of nitrogens with zero attached hydrogens (tertiary/aromatic N) is 2. The van der Waals surface area contributed by atoms with Crippen molar-refractivity contribution in [3.8, 4) is 0 Å². The molecule has 0 radical (unpaired) electrons. The summed E-state index contributed by atoms with van der Waals surface area (Å²) in [4.78, 5) is 19.5. The minimum atomic E-state index is -0.488. The van der Waals surface area contributed by atoms with Crippen molar-refractivity contribution in [1.29, 1.82) is 0 Å². The number of nitrogens with two attached hydrogens (primary N) is 2. The van der Waals surface area contributed by atoms with E-state index in [4.69, 9.17) is 11.5 Å². The number of hydrogen-bond donors (Lipinski definition) is 3. The van der Waals surface area contributed by atoms with Crippen molar-refractivity contribution in [2.45, 2.75) is 13.5 Å². The molecule has 0 fully saturated rings. The Hall–Kier alpha value is -2.63. The maximum atomic E-state index is 11.1. The second-order valence-electron chi connectivity index (χ2n) is 4.17. The van der Waals surface area contributed by atoms with Crippen molar-refractivity contribution in [1.82, 2.24) is 9.97 Å². The lowest BCUT2D eigenvalue weighted by molar-refractivity contribution is 0.100. The highest BCUT2D eigenvalue weighted by Gasteiger charge is 2.05.